The highest BCUT2D eigenvalue weighted by Gasteiger charge is 2.06. The molecule has 3 nitrogen and oxygen atoms in total. The number of nitrogens with zero attached hydrogens (tertiary/aromatic N) is 2. The molecule has 0 bridgehead atoms. The summed E-state index contributed by atoms with van der Waals surface area (Å²) in [6.07, 6.45) is 3.81. The Morgan fingerprint density at radius 3 is 3.14 bits per heavy atom. The van der Waals surface area contributed by atoms with Crippen molar-refractivity contribution in [3.8, 4) is 0 Å². The Morgan fingerprint density at radius 2 is 2.43 bits per heavy atom. The third-order valence-corrected chi connectivity index (χ3v) is 2.29. The first kappa shape index (κ1) is 9.21. The van der Waals surface area contributed by atoms with E-state index >= 15 is 0 Å². The lowest BCUT2D eigenvalue weighted by atomic mass is 10.1. The Bertz CT molecular complexity index is 490. The van der Waals surface area contributed by atoms with Gasteiger partial charge in [-0.2, -0.15) is 0 Å². The van der Waals surface area contributed by atoms with E-state index in [2.05, 4.69) is 4.98 Å². The zero-order chi connectivity index (χ0) is 10.1. The van der Waals surface area contributed by atoms with Gasteiger partial charge >= 0.3 is 0 Å². The smallest absolute Gasteiger partial charge is 0.141 e. The molecule has 2 heterocycles. The molecule has 4 heteroatoms. The highest BCUT2D eigenvalue weighted by Crippen LogP contribution is 2.16. The Balaban J connectivity index is 2.59. The maximum atomic E-state index is 11.0. The predicted molar refractivity (Wildman–Crippen MR) is 54.6 cm³/mol. The number of halogens is 1. The average molecular weight is 209 g/mol. The molecular weight excluding hydrogens is 200 g/mol. The fraction of sp³-hybridized carbons (Fsp3) is 0.200. The lowest BCUT2D eigenvalue weighted by Gasteiger charge is -2.00. The Morgan fingerprint density at radius 1 is 1.64 bits per heavy atom. The van der Waals surface area contributed by atoms with E-state index in [9.17, 15) is 4.79 Å². The molecule has 0 atom stereocenters. The predicted octanol–water partition coefficient (Wildman–Crippen LogP) is 2.12. The summed E-state index contributed by atoms with van der Waals surface area (Å²) < 4.78 is 1.76. The lowest BCUT2D eigenvalue weighted by Crippen LogP contribution is -1.99. The summed E-state index contributed by atoms with van der Waals surface area (Å²) in [5.41, 5.74) is 1.67. The van der Waals surface area contributed by atoms with Crippen molar-refractivity contribution in [2.24, 2.45) is 0 Å². The topological polar surface area (TPSA) is 34.4 Å². The third kappa shape index (κ3) is 1.51. The van der Waals surface area contributed by atoms with Gasteiger partial charge in [-0.15, -0.1) is 0 Å². The number of imidazole rings is 1. The van der Waals surface area contributed by atoms with Crippen molar-refractivity contribution in [3.63, 3.8) is 0 Å². The van der Waals surface area contributed by atoms with E-state index < -0.39 is 0 Å². The minimum atomic E-state index is 0.122. The number of rotatable bonds is 2. The number of ketones is 1. The van der Waals surface area contributed by atoms with E-state index in [0.29, 0.717) is 11.6 Å². The van der Waals surface area contributed by atoms with Gasteiger partial charge in [-0.05, 0) is 13.0 Å². The van der Waals surface area contributed by atoms with Crippen molar-refractivity contribution >= 4 is 23.0 Å². The summed E-state index contributed by atoms with van der Waals surface area (Å²) in [7, 11) is 0. The number of hydrogen-bond donors (Lipinski definition) is 0. The molecule has 0 aliphatic carbocycles. The maximum Gasteiger partial charge on any atom is 0.141 e. The van der Waals surface area contributed by atoms with E-state index in [-0.39, 0.29) is 5.78 Å². The van der Waals surface area contributed by atoms with Crippen LogP contribution in [0.3, 0.4) is 0 Å². The highest BCUT2D eigenvalue weighted by molar-refractivity contribution is 6.29. The number of hydrogen-bond acceptors (Lipinski definition) is 2. The maximum absolute atomic E-state index is 11.0. The van der Waals surface area contributed by atoms with Crippen LogP contribution in [0.5, 0.6) is 0 Å². The van der Waals surface area contributed by atoms with Crippen molar-refractivity contribution in [1.29, 1.82) is 0 Å². The van der Waals surface area contributed by atoms with Gasteiger partial charge in [0.15, 0.2) is 0 Å². The molecule has 0 spiro atoms. The van der Waals surface area contributed by atoms with E-state index in [0.717, 1.165) is 11.2 Å². The fourth-order valence-corrected chi connectivity index (χ4v) is 1.63. The Hall–Kier alpha value is -1.35. The van der Waals surface area contributed by atoms with Crippen LogP contribution in [0, 0.1) is 0 Å². The first-order valence-electron chi connectivity index (χ1n) is 4.28. The SMILES string of the molecule is CC(=O)Cc1cccn2c(Cl)cnc12. The molecule has 0 N–H and O–H groups in total. The second-order valence-electron chi connectivity index (χ2n) is 3.19. The quantitative estimate of drug-likeness (QED) is 0.758. The van der Waals surface area contributed by atoms with Crippen LogP contribution in [0.4, 0.5) is 0 Å². The number of carbonyl (C=O) groups is 1. The van der Waals surface area contributed by atoms with Crippen LogP contribution in [0.1, 0.15) is 12.5 Å². The van der Waals surface area contributed by atoms with Crippen molar-refractivity contribution in [1.82, 2.24) is 9.38 Å². The fourth-order valence-electron chi connectivity index (χ4n) is 1.45. The molecule has 0 unspecified atom stereocenters. The molecule has 0 aromatic carbocycles. The molecule has 0 saturated heterocycles. The van der Waals surface area contributed by atoms with Gasteiger partial charge in [-0.25, -0.2) is 4.98 Å². The molecule has 2 rings (SSSR count). The van der Waals surface area contributed by atoms with Gasteiger partial charge in [0.1, 0.15) is 16.6 Å². The standard InChI is InChI=1S/C10H9ClN2O/c1-7(14)5-8-3-2-4-13-9(11)6-12-10(8)13/h2-4,6H,5H2,1H3. The zero-order valence-corrected chi connectivity index (χ0v) is 8.45. The van der Waals surface area contributed by atoms with Crippen LogP contribution in [-0.2, 0) is 11.2 Å². The number of carbonyl (C=O) groups excluding carboxylic acids is 1. The van der Waals surface area contributed by atoms with Gasteiger partial charge in [-0.1, -0.05) is 17.7 Å². The average Bonchev–Trinajstić information content (AvgIpc) is 2.49. The van der Waals surface area contributed by atoms with Crippen molar-refractivity contribution in [3.05, 3.63) is 35.2 Å². The first-order chi connectivity index (χ1) is 6.68. The molecule has 0 radical (unpaired) electrons. The number of pyridine rings is 1. The second-order valence-corrected chi connectivity index (χ2v) is 3.57. The lowest BCUT2D eigenvalue weighted by molar-refractivity contribution is -0.116. The number of fused-ring (bicyclic) bond motifs is 1. The Kier molecular flexibility index (Phi) is 2.25. The van der Waals surface area contributed by atoms with Gasteiger partial charge in [0.25, 0.3) is 0 Å². The van der Waals surface area contributed by atoms with Gasteiger partial charge < -0.3 is 0 Å². The summed E-state index contributed by atoms with van der Waals surface area (Å²) >= 11 is 5.90. The third-order valence-electron chi connectivity index (χ3n) is 2.01. The van der Waals surface area contributed by atoms with Crippen LogP contribution in [0.15, 0.2) is 24.5 Å². The monoisotopic (exact) mass is 208 g/mol. The first-order valence-corrected chi connectivity index (χ1v) is 4.66. The molecule has 0 aliphatic heterocycles. The molecular formula is C10H9ClN2O. The normalized spacial score (nSPS) is 10.7. The van der Waals surface area contributed by atoms with Gasteiger partial charge in [0, 0.05) is 18.2 Å². The van der Waals surface area contributed by atoms with Crippen LogP contribution >= 0.6 is 11.6 Å². The molecule has 0 aliphatic rings. The molecule has 0 saturated carbocycles. The number of Topliss-reactive ketones (excluding diaryl/α,β-unsaturated/α-hetero) is 1. The van der Waals surface area contributed by atoms with Crippen LogP contribution in [-0.4, -0.2) is 15.2 Å². The molecule has 2 aromatic heterocycles. The Labute approximate surface area is 86.3 Å². The zero-order valence-electron chi connectivity index (χ0n) is 7.70. The van der Waals surface area contributed by atoms with Gasteiger partial charge in [0.2, 0.25) is 0 Å². The van der Waals surface area contributed by atoms with Crippen molar-refractivity contribution < 1.29 is 4.79 Å². The second kappa shape index (κ2) is 3.42. The summed E-state index contributed by atoms with van der Waals surface area (Å²) in [4.78, 5) is 15.1. The summed E-state index contributed by atoms with van der Waals surface area (Å²) in [6.45, 7) is 1.56. The summed E-state index contributed by atoms with van der Waals surface area (Å²) in [5, 5.41) is 0.561. The van der Waals surface area contributed by atoms with Gasteiger partial charge in [-0.3, -0.25) is 9.20 Å². The van der Waals surface area contributed by atoms with E-state index in [1.54, 1.807) is 17.5 Å². The largest absolute Gasteiger partial charge is 0.300 e. The van der Waals surface area contributed by atoms with Crippen LogP contribution in [0.2, 0.25) is 5.15 Å². The minimum Gasteiger partial charge on any atom is -0.300 e. The van der Waals surface area contributed by atoms with E-state index in [4.69, 9.17) is 11.6 Å². The molecule has 0 amide bonds. The summed E-state index contributed by atoms with van der Waals surface area (Å²) in [5.74, 6) is 0.122. The highest BCUT2D eigenvalue weighted by atomic mass is 35.5. The molecule has 72 valence electrons. The number of aromatic nitrogens is 2. The molecule has 0 fully saturated rings. The molecule has 14 heavy (non-hydrogen) atoms. The molecule has 2 aromatic rings. The van der Waals surface area contributed by atoms with E-state index in [1.165, 1.54) is 0 Å². The van der Waals surface area contributed by atoms with Crippen molar-refractivity contribution in [2.45, 2.75) is 13.3 Å². The van der Waals surface area contributed by atoms with E-state index in [1.807, 2.05) is 18.3 Å². The summed E-state index contributed by atoms with van der Waals surface area (Å²) in [6, 6.07) is 3.75. The van der Waals surface area contributed by atoms with Gasteiger partial charge in [0.05, 0.1) is 6.20 Å². The van der Waals surface area contributed by atoms with Crippen LogP contribution in [0.25, 0.3) is 5.65 Å². The minimum absolute atomic E-state index is 0.122. The van der Waals surface area contributed by atoms with Crippen LogP contribution < -0.4 is 0 Å². The van der Waals surface area contributed by atoms with Crippen molar-refractivity contribution in [2.75, 3.05) is 0 Å².